The molecule has 0 bridgehead atoms. The van der Waals surface area contributed by atoms with Crippen molar-refractivity contribution in [1.29, 1.82) is 0 Å². The molecule has 0 radical (unpaired) electrons. The highest BCUT2D eigenvalue weighted by Crippen LogP contribution is 2.34. The number of hydrazone groups is 1. The first-order chi connectivity index (χ1) is 19.5. The van der Waals surface area contributed by atoms with Gasteiger partial charge in [-0.25, -0.2) is 13.8 Å². The van der Waals surface area contributed by atoms with E-state index in [0.717, 1.165) is 37.0 Å². The van der Waals surface area contributed by atoms with Gasteiger partial charge in [-0.1, -0.05) is 39.7 Å². The van der Waals surface area contributed by atoms with Gasteiger partial charge in [-0.3, -0.25) is 9.10 Å². The highest BCUT2D eigenvalue weighted by atomic mass is 79.9. The summed E-state index contributed by atoms with van der Waals surface area (Å²) >= 11 is 3.51. The van der Waals surface area contributed by atoms with Crippen molar-refractivity contribution < 1.29 is 22.7 Å². The first-order valence-electron chi connectivity index (χ1n) is 12.6. The molecule has 41 heavy (non-hydrogen) atoms. The number of carbonyl (C=O) groups excluding carboxylic acids is 1. The number of halogens is 1. The maximum atomic E-state index is 13.7. The molecule has 4 aromatic rings. The van der Waals surface area contributed by atoms with Crippen LogP contribution in [0, 0.1) is 20.8 Å². The Kier molecular flexibility index (Phi) is 9.19. The Morgan fingerprint density at radius 3 is 2.34 bits per heavy atom. The largest absolute Gasteiger partial charge is 0.493 e. The van der Waals surface area contributed by atoms with Crippen LogP contribution in [0.2, 0.25) is 0 Å². The third kappa shape index (κ3) is 6.63. The van der Waals surface area contributed by atoms with Gasteiger partial charge in [0.1, 0.15) is 6.54 Å². The van der Waals surface area contributed by atoms with Crippen LogP contribution < -0.4 is 19.2 Å². The van der Waals surface area contributed by atoms with Crippen LogP contribution in [-0.4, -0.2) is 45.9 Å². The summed E-state index contributed by atoms with van der Waals surface area (Å²) in [6, 6.07) is 21.0. The minimum Gasteiger partial charge on any atom is -0.493 e. The predicted molar refractivity (Wildman–Crippen MR) is 164 cm³/mol. The lowest BCUT2D eigenvalue weighted by Gasteiger charge is -2.24. The Morgan fingerprint density at radius 2 is 1.68 bits per heavy atom. The van der Waals surface area contributed by atoms with Crippen LogP contribution in [-0.2, 0) is 14.8 Å². The minimum atomic E-state index is -4.11. The lowest BCUT2D eigenvalue weighted by atomic mass is 10.2. The van der Waals surface area contributed by atoms with Gasteiger partial charge in [-0.15, -0.1) is 0 Å². The molecule has 0 saturated carbocycles. The molecule has 0 aliphatic carbocycles. The topological polar surface area (TPSA) is 102 Å². The van der Waals surface area contributed by atoms with Crippen molar-refractivity contribution in [3.05, 3.63) is 99.8 Å². The molecular formula is C30H31BrN4O5S. The molecular weight excluding hydrogens is 608 g/mol. The zero-order valence-electron chi connectivity index (χ0n) is 23.4. The van der Waals surface area contributed by atoms with E-state index in [2.05, 4.69) is 31.0 Å². The van der Waals surface area contributed by atoms with Crippen molar-refractivity contribution in [2.45, 2.75) is 25.7 Å². The number of ether oxygens (including phenoxy) is 2. The molecule has 4 rings (SSSR count). The Labute approximate surface area is 248 Å². The standard InChI is InChI=1S/C30H31BrN4O5S/c1-20-9-12-27(13-10-20)41(37,38)34(25-11-14-28(39-4)29(17-25)40-5)19-30(36)33-32-18-23-15-21(2)35(22(23)3)26-8-6-7-24(31)16-26/h6-18H,19H2,1-5H3,(H,33,36)/b32-18-. The van der Waals surface area contributed by atoms with Crippen LogP contribution in [0.15, 0.2) is 87.3 Å². The number of nitrogens with one attached hydrogen (secondary N) is 1. The van der Waals surface area contributed by atoms with E-state index in [9.17, 15) is 13.2 Å². The predicted octanol–water partition coefficient (Wildman–Crippen LogP) is 5.53. The molecule has 0 aliphatic heterocycles. The van der Waals surface area contributed by atoms with Crippen molar-refractivity contribution in [2.24, 2.45) is 5.10 Å². The van der Waals surface area contributed by atoms with Gasteiger partial charge in [-0.05, 0) is 69.3 Å². The number of amides is 1. The molecule has 214 valence electrons. The highest BCUT2D eigenvalue weighted by molar-refractivity contribution is 9.10. The molecule has 11 heteroatoms. The number of nitrogens with zero attached hydrogens (tertiary/aromatic N) is 3. The van der Waals surface area contributed by atoms with Gasteiger partial charge in [0.05, 0.1) is 31.0 Å². The number of aryl methyl sites for hydroxylation is 2. The molecule has 1 heterocycles. The number of aromatic nitrogens is 1. The summed E-state index contributed by atoms with van der Waals surface area (Å²) in [5.74, 6) is 0.138. The van der Waals surface area contributed by atoms with E-state index in [1.165, 1.54) is 32.4 Å². The molecule has 9 nitrogen and oxygen atoms in total. The van der Waals surface area contributed by atoms with E-state index in [0.29, 0.717) is 11.5 Å². The fraction of sp³-hybridized carbons (Fsp3) is 0.200. The molecule has 3 aromatic carbocycles. The molecule has 0 fully saturated rings. The molecule has 0 spiro atoms. The Bertz CT molecular complexity index is 1700. The number of carbonyl (C=O) groups is 1. The highest BCUT2D eigenvalue weighted by Gasteiger charge is 2.28. The maximum Gasteiger partial charge on any atom is 0.264 e. The Balaban J connectivity index is 1.60. The fourth-order valence-corrected chi connectivity index (χ4v) is 6.20. The maximum absolute atomic E-state index is 13.7. The van der Waals surface area contributed by atoms with Gasteiger partial charge in [0, 0.05) is 33.2 Å². The number of sulfonamides is 1. The second-order valence-corrected chi connectivity index (χ2v) is 12.1. The van der Waals surface area contributed by atoms with Gasteiger partial charge in [0.25, 0.3) is 15.9 Å². The summed E-state index contributed by atoms with van der Waals surface area (Å²) < 4.78 is 42.1. The normalized spacial score (nSPS) is 11.5. The third-order valence-electron chi connectivity index (χ3n) is 6.48. The summed E-state index contributed by atoms with van der Waals surface area (Å²) in [5, 5.41) is 4.13. The number of hydrogen-bond acceptors (Lipinski definition) is 6. The van der Waals surface area contributed by atoms with E-state index in [-0.39, 0.29) is 10.6 Å². The van der Waals surface area contributed by atoms with E-state index in [1.54, 1.807) is 30.5 Å². The number of benzene rings is 3. The van der Waals surface area contributed by atoms with Crippen molar-refractivity contribution in [3.8, 4) is 17.2 Å². The van der Waals surface area contributed by atoms with Crippen molar-refractivity contribution in [1.82, 2.24) is 9.99 Å². The summed E-state index contributed by atoms with van der Waals surface area (Å²) in [6.07, 6.45) is 1.55. The van der Waals surface area contributed by atoms with Crippen molar-refractivity contribution in [3.63, 3.8) is 0 Å². The monoisotopic (exact) mass is 638 g/mol. The third-order valence-corrected chi connectivity index (χ3v) is 8.76. The van der Waals surface area contributed by atoms with Gasteiger partial charge in [0.2, 0.25) is 0 Å². The summed E-state index contributed by atoms with van der Waals surface area (Å²) in [7, 11) is -1.17. The molecule has 1 aromatic heterocycles. The molecule has 0 aliphatic rings. The second-order valence-electron chi connectivity index (χ2n) is 9.30. The fourth-order valence-electron chi connectivity index (χ4n) is 4.40. The van der Waals surface area contributed by atoms with Gasteiger partial charge in [-0.2, -0.15) is 5.10 Å². The number of anilines is 1. The SMILES string of the molecule is COc1ccc(N(CC(=O)N/N=C\c2cc(C)n(-c3cccc(Br)c3)c2C)S(=O)(=O)c2ccc(C)cc2)cc1OC. The van der Waals surface area contributed by atoms with E-state index < -0.39 is 22.5 Å². The van der Waals surface area contributed by atoms with Crippen LogP contribution in [0.3, 0.4) is 0 Å². The zero-order chi connectivity index (χ0) is 29.7. The Hall–Kier alpha value is -4.09. The summed E-state index contributed by atoms with van der Waals surface area (Å²) in [4.78, 5) is 13.1. The quantitative estimate of drug-likeness (QED) is 0.182. The first kappa shape index (κ1) is 29.9. The lowest BCUT2D eigenvalue weighted by molar-refractivity contribution is -0.119. The lowest BCUT2D eigenvalue weighted by Crippen LogP contribution is -2.39. The van der Waals surface area contributed by atoms with Crippen molar-refractivity contribution >= 4 is 43.8 Å². The van der Waals surface area contributed by atoms with E-state index >= 15 is 0 Å². The van der Waals surface area contributed by atoms with Crippen LogP contribution in [0.1, 0.15) is 22.5 Å². The number of methoxy groups -OCH3 is 2. The zero-order valence-corrected chi connectivity index (χ0v) is 25.8. The van der Waals surface area contributed by atoms with Crippen LogP contribution >= 0.6 is 15.9 Å². The summed E-state index contributed by atoms with van der Waals surface area (Å²) in [5.41, 5.74) is 7.36. The smallest absolute Gasteiger partial charge is 0.264 e. The molecule has 1 N–H and O–H groups in total. The average molecular weight is 640 g/mol. The Morgan fingerprint density at radius 1 is 0.976 bits per heavy atom. The minimum absolute atomic E-state index is 0.0502. The van der Waals surface area contributed by atoms with Crippen LogP contribution in [0.4, 0.5) is 5.69 Å². The second kappa shape index (κ2) is 12.6. The van der Waals surface area contributed by atoms with Crippen LogP contribution in [0.5, 0.6) is 11.5 Å². The van der Waals surface area contributed by atoms with E-state index in [4.69, 9.17) is 9.47 Å². The molecule has 1 amide bonds. The molecule has 0 unspecified atom stereocenters. The van der Waals surface area contributed by atoms with Crippen molar-refractivity contribution in [2.75, 3.05) is 25.1 Å². The number of rotatable bonds is 10. The number of hydrogen-bond donors (Lipinski definition) is 1. The molecule has 0 atom stereocenters. The van der Waals surface area contributed by atoms with Crippen LogP contribution in [0.25, 0.3) is 5.69 Å². The first-order valence-corrected chi connectivity index (χ1v) is 14.9. The molecule has 0 saturated heterocycles. The average Bonchev–Trinajstić information content (AvgIpc) is 3.23. The van der Waals surface area contributed by atoms with E-state index in [1.807, 2.05) is 51.1 Å². The van der Waals surface area contributed by atoms with Gasteiger partial charge >= 0.3 is 0 Å². The summed E-state index contributed by atoms with van der Waals surface area (Å²) in [6.45, 7) is 5.30. The van der Waals surface area contributed by atoms with Gasteiger partial charge in [0.15, 0.2) is 11.5 Å². The van der Waals surface area contributed by atoms with Gasteiger partial charge < -0.3 is 14.0 Å².